The second-order valence-corrected chi connectivity index (χ2v) is 5.58. The van der Waals surface area contributed by atoms with Gasteiger partial charge in [-0.1, -0.05) is 6.08 Å². The van der Waals surface area contributed by atoms with E-state index in [4.69, 9.17) is 9.84 Å². The van der Waals surface area contributed by atoms with Crippen LogP contribution in [0.2, 0.25) is 0 Å². The van der Waals surface area contributed by atoms with Crippen molar-refractivity contribution >= 4 is 12.1 Å². The predicted molar refractivity (Wildman–Crippen MR) is 74.4 cm³/mol. The molecule has 0 fully saturated rings. The van der Waals surface area contributed by atoms with E-state index in [1.165, 1.54) is 0 Å². The lowest BCUT2D eigenvalue weighted by atomic mass is 10.1. The first kappa shape index (κ1) is 18.4. The SMILES string of the molecule is C=CCCC(F)CC[C@H](NC(=O)OC(C)(C)C)C(=O)O. The number of halogens is 1. The predicted octanol–water partition coefficient (Wildman–Crippen LogP) is 3.05. The molecular formula is C14H24FNO4. The van der Waals surface area contributed by atoms with Crippen molar-refractivity contribution in [3.05, 3.63) is 12.7 Å². The van der Waals surface area contributed by atoms with Gasteiger partial charge in [0.05, 0.1) is 0 Å². The Labute approximate surface area is 119 Å². The highest BCUT2D eigenvalue weighted by molar-refractivity contribution is 5.79. The van der Waals surface area contributed by atoms with Crippen molar-refractivity contribution in [1.82, 2.24) is 5.32 Å². The first-order valence-corrected chi connectivity index (χ1v) is 6.63. The summed E-state index contributed by atoms with van der Waals surface area (Å²) in [5.41, 5.74) is -0.709. The highest BCUT2D eigenvalue weighted by Gasteiger charge is 2.24. The number of alkyl halides is 1. The van der Waals surface area contributed by atoms with Gasteiger partial charge in [-0.3, -0.25) is 0 Å². The molecule has 0 radical (unpaired) electrons. The Morgan fingerprint density at radius 2 is 1.95 bits per heavy atom. The summed E-state index contributed by atoms with van der Waals surface area (Å²) in [6.45, 7) is 8.52. The molecule has 2 N–H and O–H groups in total. The van der Waals surface area contributed by atoms with E-state index in [0.29, 0.717) is 12.8 Å². The van der Waals surface area contributed by atoms with Gasteiger partial charge in [-0.25, -0.2) is 14.0 Å². The molecule has 1 unspecified atom stereocenters. The number of nitrogens with one attached hydrogen (secondary N) is 1. The van der Waals surface area contributed by atoms with Crippen molar-refractivity contribution in [3.8, 4) is 0 Å². The highest BCUT2D eigenvalue weighted by atomic mass is 19.1. The van der Waals surface area contributed by atoms with Crippen LogP contribution in [0.4, 0.5) is 9.18 Å². The van der Waals surface area contributed by atoms with E-state index in [-0.39, 0.29) is 12.8 Å². The molecule has 2 atom stereocenters. The van der Waals surface area contributed by atoms with Gasteiger partial charge in [0, 0.05) is 0 Å². The van der Waals surface area contributed by atoms with E-state index < -0.39 is 29.9 Å². The van der Waals surface area contributed by atoms with E-state index in [9.17, 15) is 14.0 Å². The highest BCUT2D eigenvalue weighted by Crippen LogP contribution is 2.12. The molecule has 0 aliphatic heterocycles. The largest absolute Gasteiger partial charge is 0.480 e. The van der Waals surface area contributed by atoms with E-state index in [2.05, 4.69) is 11.9 Å². The number of carboxylic acid groups (broad SMARTS) is 1. The molecule has 20 heavy (non-hydrogen) atoms. The van der Waals surface area contributed by atoms with Gasteiger partial charge >= 0.3 is 12.1 Å². The van der Waals surface area contributed by atoms with Crippen LogP contribution in [0.3, 0.4) is 0 Å². The average molecular weight is 289 g/mol. The number of ether oxygens (including phenoxy) is 1. The molecule has 6 heteroatoms. The molecule has 116 valence electrons. The lowest BCUT2D eigenvalue weighted by Crippen LogP contribution is -2.43. The monoisotopic (exact) mass is 289 g/mol. The normalized spacial score (nSPS) is 14.2. The topological polar surface area (TPSA) is 75.6 Å². The van der Waals surface area contributed by atoms with E-state index >= 15 is 0 Å². The number of carbonyl (C=O) groups excluding carboxylic acids is 1. The summed E-state index contributed by atoms with van der Waals surface area (Å²) in [4.78, 5) is 22.5. The average Bonchev–Trinajstić information content (AvgIpc) is 2.29. The quantitative estimate of drug-likeness (QED) is 0.673. The molecular weight excluding hydrogens is 265 g/mol. The zero-order chi connectivity index (χ0) is 15.8. The number of hydrogen-bond acceptors (Lipinski definition) is 3. The van der Waals surface area contributed by atoms with Crippen LogP contribution in [0, 0.1) is 0 Å². The maximum Gasteiger partial charge on any atom is 0.408 e. The van der Waals surface area contributed by atoms with Gasteiger partial charge in [0.25, 0.3) is 0 Å². The summed E-state index contributed by atoms with van der Waals surface area (Å²) in [6.07, 6.45) is 0.635. The fourth-order valence-electron chi connectivity index (χ4n) is 1.50. The molecule has 0 saturated heterocycles. The Morgan fingerprint density at radius 1 is 1.35 bits per heavy atom. The van der Waals surface area contributed by atoms with Gasteiger partial charge in [-0.05, 0) is 46.5 Å². The molecule has 0 aromatic heterocycles. The molecule has 0 aliphatic carbocycles. The fraction of sp³-hybridized carbons (Fsp3) is 0.714. The summed E-state index contributed by atoms with van der Waals surface area (Å²) in [6, 6.07) is -1.15. The molecule has 1 amide bonds. The molecule has 0 aromatic carbocycles. The van der Waals surface area contributed by atoms with Crippen molar-refractivity contribution in [3.63, 3.8) is 0 Å². The van der Waals surface area contributed by atoms with Gasteiger partial charge in [0.15, 0.2) is 0 Å². The number of amides is 1. The van der Waals surface area contributed by atoms with Crippen LogP contribution in [0.5, 0.6) is 0 Å². The van der Waals surface area contributed by atoms with Crippen LogP contribution >= 0.6 is 0 Å². The Bertz CT molecular complexity index is 339. The number of allylic oxidation sites excluding steroid dienone is 1. The Balaban J connectivity index is 4.27. The first-order valence-electron chi connectivity index (χ1n) is 6.63. The van der Waals surface area contributed by atoms with Crippen LogP contribution in [0.15, 0.2) is 12.7 Å². The van der Waals surface area contributed by atoms with Crippen LogP contribution in [-0.2, 0) is 9.53 Å². The molecule has 0 saturated carbocycles. The van der Waals surface area contributed by atoms with Crippen LogP contribution in [0.25, 0.3) is 0 Å². The number of aliphatic carboxylic acids is 1. The third kappa shape index (κ3) is 9.35. The van der Waals surface area contributed by atoms with Gasteiger partial charge in [0.2, 0.25) is 0 Å². The molecule has 0 bridgehead atoms. The minimum absolute atomic E-state index is 0.0207. The lowest BCUT2D eigenvalue weighted by Gasteiger charge is -2.22. The zero-order valence-electron chi connectivity index (χ0n) is 12.3. The number of rotatable bonds is 8. The zero-order valence-corrected chi connectivity index (χ0v) is 12.3. The minimum atomic E-state index is -1.20. The Morgan fingerprint density at radius 3 is 2.40 bits per heavy atom. The van der Waals surface area contributed by atoms with E-state index in [1.54, 1.807) is 26.8 Å². The molecule has 0 heterocycles. The third-order valence-electron chi connectivity index (χ3n) is 2.44. The smallest absolute Gasteiger partial charge is 0.408 e. The minimum Gasteiger partial charge on any atom is -0.480 e. The second kappa shape index (κ2) is 8.55. The molecule has 0 rings (SSSR count). The van der Waals surface area contributed by atoms with Crippen LogP contribution in [-0.4, -0.2) is 35.0 Å². The molecule has 0 aliphatic rings. The van der Waals surface area contributed by atoms with Crippen molar-refractivity contribution in [2.45, 2.75) is 64.3 Å². The lowest BCUT2D eigenvalue weighted by molar-refractivity contribution is -0.139. The first-order chi connectivity index (χ1) is 9.15. The van der Waals surface area contributed by atoms with Crippen LogP contribution < -0.4 is 5.32 Å². The van der Waals surface area contributed by atoms with Crippen molar-refractivity contribution in [2.24, 2.45) is 0 Å². The molecule has 5 nitrogen and oxygen atoms in total. The maximum absolute atomic E-state index is 13.4. The number of alkyl carbamates (subject to hydrolysis) is 1. The summed E-state index contributed by atoms with van der Waals surface area (Å²) < 4.78 is 18.4. The van der Waals surface area contributed by atoms with Crippen LogP contribution in [0.1, 0.15) is 46.5 Å². The summed E-state index contributed by atoms with van der Waals surface area (Å²) >= 11 is 0. The molecule has 0 spiro atoms. The van der Waals surface area contributed by atoms with Gasteiger partial charge in [0.1, 0.15) is 17.8 Å². The standard InChI is InChI=1S/C14H24FNO4/c1-5-6-7-10(15)8-9-11(12(17)18)16-13(19)20-14(2,3)4/h5,10-11H,1,6-9H2,2-4H3,(H,16,19)(H,17,18)/t10?,11-/m0/s1. The number of carbonyl (C=O) groups is 2. The summed E-state index contributed by atoms with van der Waals surface area (Å²) in [7, 11) is 0. The molecule has 0 aromatic rings. The number of carboxylic acids is 1. The summed E-state index contributed by atoms with van der Waals surface area (Å²) in [5, 5.41) is 11.2. The Hall–Kier alpha value is -1.59. The maximum atomic E-state index is 13.4. The van der Waals surface area contributed by atoms with E-state index in [1.807, 2.05) is 0 Å². The van der Waals surface area contributed by atoms with E-state index in [0.717, 1.165) is 0 Å². The van der Waals surface area contributed by atoms with Crippen molar-refractivity contribution in [2.75, 3.05) is 0 Å². The second-order valence-electron chi connectivity index (χ2n) is 5.58. The van der Waals surface area contributed by atoms with Crippen molar-refractivity contribution < 1.29 is 23.8 Å². The van der Waals surface area contributed by atoms with Gasteiger partial charge in [-0.2, -0.15) is 0 Å². The van der Waals surface area contributed by atoms with Gasteiger partial charge < -0.3 is 15.2 Å². The fourth-order valence-corrected chi connectivity index (χ4v) is 1.50. The third-order valence-corrected chi connectivity index (χ3v) is 2.44. The number of hydrogen-bond donors (Lipinski definition) is 2. The Kier molecular flexibility index (Phi) is 7.87. The summed E-state index contributed by atoms with van der Waals surface area (Å²) in [5.74, 6) is -1.20. The van der Waals surface area contributed by atoms with Gasteiger partial charge in [-0.15, -0.1) is 6.58 Å². The van der Waals surface area contributed by atoms with Crippen molar-refractivity contribution in [1.29, 1.82) is 0 Å².